The number of carboxylic acids is 1. The number of carbonyl (C=O) groups is 3. The zero-order chi connectivity index (χ0) is 23.7. The van der Waals surface area contributed by atoms with Crippen LogP contribution in [0.3, 0.4) is 0 Å². The molecule has 0 heterocycles. The average Bonchev–Trinajstić information content (AvgIpc) is 3.57. The smallest absolute Gasteiger partial charge is 0.407 e. The van der Waals surface area contributed by atoms with E-state index in [0.29, 0.717) is 18.7 Å². The number of amides is 2. The second-order valence-electron chi connectivity index (χ2n) is 8.68. The molecule has 0 bridgehead atoms. The van der Waals surface area contributed by atoms with Gasteiger partial charge in [-0.25, -0.2) is 9.59 Å². The maximum atomic E-state index is 12.4. The summed E-state index contributed by atoms with van der Waals surface area (Å²) in [5.74, 6) is -1.42. The molecule has 172 valence electrons. The molecule has 2 aliphatic rings. The van der Waals surface area contributed by atoms with Gasteiger partial charge >= 0.3 is 12.1 Å². The number of alkyl carbamates (subject to hydrolysis) is 1. The highest BCUT2D eigenvalue weighted by molar-refractivity contribution is 5.96. The van der Waals surface area contributed by atoms with Crippen LogP contribution >= 0.6 is 0 Å². The number of ether oxygens (including phenoxy) is 1. The first-order valence-corrected chi connectivity index (χ1v) is 11.2. The third-order valence-electron chi connectivity index (χ3n) is 6.49. The SMILES string of the molecule is O=C(NC[C@@H]1C[C@@H]1C(=O)Nc1cccc(C(=O)O)c1)OCC1c2ccccc2-c2ccccc21. The second kappa shape index (κ2) is 9.02. The van der Waals surface area contributed by atoms with Gasteiger partial charge in [0.25, 0.3) is 0 Å². The largest absolute Gasteiger partial charge is 0.478 e. The number of rotatable bonds is 7. The summed E-state index contributed by atoms with van der Waals surface area (Å²) in [7, 11) is 0. The molecule has 2 amide bonds. The summed E-state index contributed by atoms with van der Waals surface area (Å²) in [6, 6.07) is 22.5. The molecule has 3 N–H and O–H groups in total. The van der Waals surface area contributed by atoms with Gasteiger partial charge in [-0.05, 0) is 52.8 Å². The van der Waals surface area contributed by atoms with Gasteiger partial charge in [0, 0.05) is 24.1 Å². The highest BCUT2D eigenvalue weighted by Crippen LogP contribution is 2.44. The van der Waals surface area contributed by atoms with E-state index in [0.717, 1.165) is 11.1 Å². The van der Waals surface area contributed by atoms with Gasteiger partial charge in [-0.2, -0.15) is 0 Å². The van der Waals surface area contributed by atoms with E-state index in [1.165, 1.54) is 23.3 Å². The number of carbonyl (C=O) groups excluding carboxylic acids is 2. The summed E-state index contributed by atoms with van der Waals surface area (Å²) >= 11 is 0. The minimum absolute atomic E-state index is 0.000771. The standard InChI is InChI=1S/C27H24N2O5/c30-25(29-18-7-5-6-16(12-18)26(31)32)23-13-17(23)14-28-27(33)34-15-24-21-10-3-1-8-19(21)20-9-2-4-11-22(20)24/h1-12,17,23-24H,13-15H2,(H,28,33)(H,29,30)(H,31,32)/t17-,23-/m0/s1. The fourth-order valence-corrected chi connectivity index (χ4v) is 4.62. The van der Waals surface area contributed by atoms with Gasteiger partial charge in [0.05, 0.1) is 5.56 Å². The Morgan fingerprint density at radius 2 is 1.59 bits per heavy atom. The van der Waals surface area contributed by atoms with Crippen molar-refractivity contribution < 1.29 is 24.2 Å². The molecule has 0 spiro atoms. The maximum Gasteiger partial charge on any atom is 0.407 e. The number of aromatic carboxylic acids is 1. The van der Waals surface area contributed by atoms with Crippen molar-refractivity contribution in [3.8, 4) is 11.1 Å². The number of anilines is 1. The lowest BCUT2D eigenvalue weighted by Crippen LogP contribution is -2.29. The van der Waals surface area contributed by atoms with Crippen LogP contribution in [-0.4, -0.2) is 36.2 Å². The van der Waals surface area contributed by atoms with Gasteiger partial charge in [0.15, 0.2) is 0 Å². The number of hydrogen-bond acceptors (Lipinski definition) is 4. The fourth-order valence-electron chi connectivity index (χ4n) is 4.62. The quantitative estimate of drug-likeness (QED) is 0.486. The fraction of sp³-hybridized carbons (Fsp3) is 0.222. The van der Waals surface area contributed by atoms with Crippen molar-refractivity contribution in [2.45, 2.75) is 12.3 Å². The lowest BCUT2D eigenvalue weighted by Gasteiger charge is -2.14. The minimum atomic E-state index is -1.05. The van der Waals surface area contributed by atoms with Crippen LogP contribution in [0.4, 0.5) is 10.5 Å². The summed E-state index contributed by atoms with van der Waals surface area (Å²) in [5.41, 5.74) is 5.22. The van der Waals surface area contributed by atoms with Crippen LogP contribution < -0.4 is 10.6 Å². The Morgan fingerprint density at radius 3 is 2.26 bits per heavy atom. The van der Waals surface area contributed by atoms with Gasteiger partial charge in [0.1, 0.15) is 6.61 Å². The summed E-state index contributed by atoms with van der Waals surface area (Å²) in [4.78, 5) is 35.9. The Hall–Kier alpha value is -4.13. The summed E-state index contributed by atoms with van der Waals surface area (Å²) < 4.78 is 5.54. The molecule has 34 heavy (non-hydrogen) atoms. The van der Waals surface area contributed by atoms with E-state index >= 15 is 0 Å². The van der Waals surface area contributed by atoms with Gasteiger partial charge in [0.2, 0.25) is 5.91 Å². The Morgan fingerprint density at radius 1 is 0.912 bits per heavy atom. The molecule has 0 aromatic heterocycles. The van der Waals surface area contributed by atoms with Gasteiger partial charge in [-0.1, -0.05) is 54.6 Å². The molecule has 3 aromatic rings. The zero-order valence-corrected chi connectivity index (χ0v) is 18.4. The van der Waals surface area contributed by atoms with Crippen LogP contribution in [0.1, 0.15) is 33.8 Å². The number of benzene rings is 3. The van der Waals surface area contributed by atoms with E-state index in [9.17, 15) is 14.4 Å². The second-order valence-corrected chi connectivity index (χ2v) is 8.68. The van der Waals surface area contributed by atoms with E-state index in [4.69, 9.17) is 9.84 Å². The molecule has 5 rings (SSSR count). The monoisotopic (exact) mass is 456 g/mol. The van der Waals surface area contributed by atoms with Crippen molar-refractivity contribution in [2.24, 2.45) is 11.8 Å². The molecule has 7 nitrogen and oxygen atoms in total. The average molecular weight is 456 g/mol. The lowest BCUT2D eigenvalue weighted by molar-refractivity contribution is -0.117. The molecular weight excluding hydrogens is 432 g/mol. The maximum absolute atomic E-state index is 12.4. The number of nitrogens with one attached hydrogen (secondary N) is 2. The Bertz CT molecular complexity index is 1230. The van der Waals surface area contributed by atoms with Crippen LogP contribution in [0.25, 0.3) is 11.1 Å². The molecule has 0 radical (unpaired) electrons. The molecule has 0 saturated heterocycles. The van der Waals surface area contributed by atoms with Crippen molar-refractivity contribution in [3.63, 3.8) is 0 Å². The third-order valence-corrected chi connectivity index (χ3v) is 6.49. The van der Waals surface area contributed by atoms with Crippen LogP contribution in [-0.2, 0) is 9.53 Å². The molecule has 2 atom stereocenters. The minimum Gasteiger partial charge on any atom is -0.478 e. The molecule has 1 fully saturated rings. The Kier molecular flexibility index (Phi) is 5.76. The topological polar surface area (TPSA) is 105 Å². The van der Waals surface area contributed by atoms with Gasteiger partial charge in [-0.15, -0.1) is 0 Å². The Labute approximate surface area is 196 Å². The van der Waals surface area contributed by atoms with Crippen molar-refractivity contribution in [3.05, 3.63) is 89.5 Å². The first kappa shape index (κ1) is 21.7. The van der Waals surface area contributed by atoms with Crippen LogP contribution in [0.5, 0.6) is 0 Å². The summed E-state index contributed by atoms with van der Waals surface area (Å²) in [6.45, 7) is 0.596. The predicted molar refractivity (Wildman–Crippen MR) is 127 cm³/mol. The summed E-state index contributed by atoms with van der Waals surface area (Å²) in [6.07, 6.45) is 0.163. The van der Waals surface area contributed by atoms with E-state index in [2.05, 4.69) is 34.9 Å². The van der Waals surface area contributed by atoms with Crippen molar-refractivity contribution >= 4 is 23.7 Å². The molecule has 2 aliphatic carbocycles. The van der Waals surface area contributed by atoms with Crippen molar-refractivity contribution in [2.75, 3.05) is 18.5 Å². The van der Waals surface area contributed by atoms with Crippen molar-refractivity contribution in [1.82, 2.24) is 5.32 Å². The molecule has 7 heteroatoms. The van der Waals surface area contributed by atoms with Crippen molar-refractivity contribution in [1.29, 1.82) is 0 Å². The van der Waals surface area contributed by atoms with E-state index in [1.54, 1.807) is 12.1 Å². The zero-order valence-electron chi connectivity index (χ0n) is 18.4. The molecule has 0 unspecified atom stereocenters. The van der Waals surface area contributed by atoms with Crippen LogP contribution in [0, 0.1) is 11.8 Å². The molecular formula is C27H24N2O5. The third kappa shape index (κ3) is 4.37. The lowest BCUT2D eigenvalue weighted by atomic mass is 9.98. The number of hydrogen-bond donors (Lipinski definition) is 3. The summed E-state index contributed by atoms with van der Waals surface area (Å²) in [5, 5.41) is 14.6. The highest BCUT2D eigenvalue weighted by atomic mass is 16.5. The first-order valence-electron chi connectivity index (χ1n) is 11.2. The van der Waals surface area contributed by atoms with Crippen LogP contribution in [0.15, 0.2) is 72.8 Å². The van der Waals surface area contributed by atoms with Gasteiger partial charge in [-0.3, -0.25) is 4.79 Å². The van der Waals surface area contributed by atoms with Crippen LogP contribution in [0.2, 0.25) is 0 Å². The van der Waals surface area contributed by atoms with Gasteiger partial charge < -0.3 is 20.5 Å². The predicted octanol–water partition coefficient (Wildman–Crippen LogP) is 4.50. The number of carboxylic acid groups (broad SMARTS) is 1. The molecule has 3 aromatic carbocycles. The number of fused-ring (bicyclic) bond motifs is 3. The van der Waals surface area contributed by atoms with E-state index < -0.39 is 12.1 Å². The highest BCUT2D eigenvalue weighted by Gasteiger charge is 2.43. The normalized spacial score (nSPS) is 17.9. The molecule has 1 saturated carbocycles. The first-order chi connectivity index (χ1) is 16.5. The Balaban J connectivity index is 1.10. The van der Waals surface area contributed by atoms with E-state index in [-0.39, 0.29) is 35.8 Å². The van der Waals surface area contributed by atoms with E-state index in [1.807, 2.05) is 24.3 Å². The molecule has 0 aliphatic heterocycles.